The highest BCUT2D eigenvalue weighted by molar-refractivity contribution is 6.01. The highest BCUT2D eigenvalue weighted by Crippen LogP contribution is 2.36. The predicted molar refractivity (Wildman–Crippen MR) is 97.0 cm³/mol. The molecule has 25 heavy (non-hydrogen) atoms. The van der Waals surface area contributed by atoms with Crippen LogP contribution in [0.15, 0.2) is 43.5 Å². The Morgan fingerprint density at radius 2 is 1.96 bits per heavy atom. The standard InChI is InChI=1S/C19H24N2O4/c1-5-9-20(10-6-2)19(23)14-11-18(22)21(13-14)16-12-15(24-3)7-8-17(16)25-4/h5-8,12,14H,1-2,9-11,13H2,3-4H3/t14-/m0/s1. The molecule has 1 aliphatic rings. The maximum atomic E-state index is 12.7. The first-order valence-electron chi connectivity index (χ1n) is 8.08. The maximum Gasteiger partial charge on any atom is 0.228 e. The van der Waals surface area contributed by atoms with Gasteiger partial charge in [-0.1, -0.05) is 12.2 Å². The van der Waals surface area contributed by atoms with Gasteiger partial charge in [0.15, 0.2) is 0 Å². The number of hydrogen-bond acceptors (Lipinski definition) is 4. The van der Waals surface area contributed by atoms with Crippen LogP contribution < -0.4 is 14.4 Å². The quantitative estimate of drug-likeness (QED) is 0.679. The number of carbonyl (C=O) groups excluding carboxylic acids is 2. The molecule has 1 aliphatic heterocycles. The molecule has 134 valence electrons. The lowest BCUT2D eigenvalue weighted by molar-refractivity contribution is -0.134. The molecule has 0 N–H and O–H groups in total. The lowest BCUT2D eigenvalue weighted by Gasteiger charge is -2.24. The molecule has 1 atom stereocenters. The number of benzene rings is 1. The number of carbonyl (C=O) groups is 2. The molecule has 0 aliphatic carbocycles. The van der Waals surface area contributed by atoms with Crippen LogP contribution in [0.5, 0.6) is 11.5 Å². The Hall–Kier alpha value is -2.76. The highest BCUT2D eigenvalue weighted by atomic mass is 16.5. The van der Waals surface area contributed by atoms with Gasteiger partial charge in [-0.3, -0.25) is 9.59 Å². The van der Waals surface area contributed by atoms with E-state index in [1.54, 1.807) is 54.4 Å². The van der Waals surface area contributed by atoms with Crippen molar-refractivity contribution >= 4 is 17.5 Å². The summed E-state index contributed by atoms with van der Waals surface area (Å²) in [5.41, 5.74) is 0.612. The van der Waals surface area contributed by atoms with Gasteiger partial charge in [-0.15, -0.1) is 13.2 Å². The average Bonchev–Trinajstić information content (AvgIpc) is 3.01. The molecule has 0 saturated carbocycles. The lowest BCUT2D eigenvalue weighted by atomic mass is 10.1. The van der Waals surface area contributed by atoms with Crippen LogP contribution in [-0.4, -0.2) is 50.6 Å². The van der Waals surface area contributed by atoms with Crippen molar-refractivity contribution in [1.82, 2.24) is 4.90 Å². The summed E-state index contributed by atoms with van der Waals surface area (Å²) in [4.78, 5) is 28.5. The van der Waals surface area contributed by atoms with Gasteiger partial charge in [-0.2, -0.15) is 0 Å². The van der Waals surface area contributed by atoms with Crippen LogP contribution in [0.3, 0.4) is 0 Å². The fourth-order valence-corrected chi connectivity index (χ4v) is 2.94. The minimum absolute atomic E-state index is 0.0717. The molecule has 6 heteroatoms. The third-order valence-corrected chi connectivity index (χ3v) is 4.16. The van der Waals surface area contributed by atoms with Gasteiger partial charge in [-0.05, 0) is 12.1 Å². The van der Waals surface area contributed by atoms with Crippen LogP contribution in [0.25, 0.3) is 0 Å². The van der Waals surface area contributed by atoms with Crippen molar-refractivity contribution in [2.24, 2.45) is 5.92 Å². The van der Waals surface area contributed by atoms with E-state index in [1.807, 2.05) is 0 Å². The fraction of sp³-hybridized carbons (Fsp3) is 0.368. The van der Waals surface area contributed by atoms with E-state index in [1.165, 1.54) is 0 Å². The summed E-state index contributed by atoms with van der Waals surface area (Å²) < 4.78 is 10.6. The second-order valence-corrected chi connectivity index (χ2v) is 5.76. The number of nitrogens with zero attached hydrogens (tertiary/aromatic N) is 2. The van der Waals surface area contributed by atoms with E-state index in [0.29, 0.717) is 36.8 Å². The van der Waals surface area contributed by atoms with Crippen LogP contribution >= 0.6 is 0 Å². The Kier molecular flexibility index (Phi) is 6.22. The van der Waals surface area contributed by atoms with Crippen molar-refractivity contribution in [3.05, 3.63) is 43.5 Å². The Morgan fingerprint density at radius 3 is 2.52 bits per heavy atom. The Bertz CT molecular complexity index is 661. The van der Waals surface area contributed by atoms with Crippen molar-refractivity contribution in [2.75, 3.05) is 38.8 Å². The average molecular weight is 344 g/mol. The van der Waals surface area contributed by atoms with E-state index >= 15 is 0 Å². The minimum Gasteiger partial charge on any atom is -0.497 e. The molecule has 1 aromatic carbocycles. The zero-order valence-electron chi connectivity index (χ0n) is 14.7. The Balaban J connectivity index is 2.23. The molecule has 1 saturated heterocycles. The molecule has 6 nitrogen and oxygen atoms in total. The summed E-state index contributed by atoms with van der Waals surface area (Å²) in [7, 11) is 3.11. The van der Waals surface area contributed by atoms with Crippen LogP contribution in [0, 0.1) is 5.92 Å². The summed E-state index contributed by atoms with van der Waals surface area (Å²) in [6.45, 7) is 8.52. The van der Waals surface area contributed by atoms with Gasteiger partial charge in [0.25, 0.3) is 0 Å². The van der Waals surface area contributed by atoms with Crippen LogP contribution in [-0.2, 0) is 9.59 Å². The zero-order valence-corrected chi connectivity index (χ0v) is 14.7. The van der Waals surface area contributed by atoms with Gasteiger partial charge in [-0.25, -0.2) is 0 Å². The van der Waals surface area contributed by atoms with Gasteiger partial charge in [0.1, 0.15) is 11.5 Å². The smallest absolute Gasteiger partial charge is 0.228 e. The highest BCUT2D eigenvalue weighted by Gasteiger charge is 2.38. The number of anilines is 1. The van der Waals surface area contributed by atoms with E-state index in [2.05, 4.69) is 13.2 Å². The van der Waals surface area contributed by atoms with Crippen LogP contribution in [0.1, 0.15) is 6.42 Å². The van der Waals surface area contributed by atoms with Crippen molar-refractivity contribution in [3.63, 3.8) is 0 Å². The molecule has 0 unspecified atom stereocenters. The summed E-state index contributed by atoms with van der Waals surface area (Å²) in [5, 5.41) is 0. The van der Waals surface area contributed by atoms with Crippen LogP contribution in [0.2, 0.25) is 0 Å². The molecule has 1 heterocycles. The number of hydrogen-bond donors (Lipinski definition) is 0. The maximum absolute atomic E-state index is 12.7. The number of amides is 2. The van der Waals surface area contributed by atoms with Crippen molar-refractivity contribution in [2.45, 2.75) is 6.42 Å². The van der Waals surface area contributed by atoms with E-state index < -0.39 is 5.92 Å². The Labute approximate surface area is 148 Å². The van der Waals surface area contributed by atoms with Gasteiger partial charge in [0.2, 0.25) is 11.8 Å². The number of rotatable bonds is 8. The molecule has 0 aromatic heterocycles. The first kappa shape index (κ1) is 18.6. The molecular weight excluding hydrogens is 320 g/mol. The van der Waals surface area contributed by atoms with Gasteiger partial charge in [0.05, 0.1) is 25.8 Å². The molecule has 2 amide bonds. The Morgan fingerprint density at radius 1 is 1.28 bits per heavy atom. The van der Waals surface area contributed by atoms with Crippen molar-refractivity contribution in [1.29, 1.82) is 0 Å². The van der Waals surface area contributed by atoms with Gasteiger partial charge >= 0.3 is 0 Å². The van der Waals surface area contributed by atoms with Crippen LogP contribution in [0.4, 0.5) is 5.69 Å². The van der Waals surface area contributed by atoms with Gasteiger partial charge < -0.3 is 19.3 Å². The molecule has 0 spiro atoms. The summed E-state index contributed by atoms with van der Waals surface area (Å²) >= 11 is 0. The predicted octanol–water partition coefficient (Wildman–Crippen LogP) is 2.26. The molecule has 0 radical (unpaired) electrons. The third kappa shape index (κ3) is 4.02. The first-order valence-corrected chi connectivity index (χ1v) is 8.08. The molecule has 1 fully saturated rings. The SMILES string of the molecule is C=CCN(CC=C)C(=O)[C@H]1CC(=O)N(c2cc(OC)ccc2OC)C1. The zero-order chi connectivity index (χ0) is 18.4. The fourth-order valence-electron chi connectivity index (χ4n) is 2.94. The topological polar surface area (TPSA) is 59.1 Å². The number of ether oxygens (including phenoxy) is 2. The molecule has 0 bridgehead atoms. The molecular formula is C19H24N2O4. The first-order chi connectivity index (χ1) is 12.0. The summed E-state index contributed by atoms with van der Waals surface area (Å²) in [6, 6.07) is 5.26. The molecule has 2 rings (SSSR count). The van der Waals surface area contributed by atoms with Gasteiger partial charge in [0, 0.05) is 32.1 Å². The molecule has 1 aromatic rings. The monoisotopic (exact) mass is 344 g/mol. The van der Waals surface area contributed by atoms with E-state index in [9.17, 15) is 9.59 Å². The van der Waals surface area contributed by atoms with Crippen molar-refractivity contribution in [3.8, 4) is 11.5 Å². The second-order valence-electron chi connectivity index (χ2n) is 5.76. The van der Waals surface area contributed by atoms with E-state index in [4.69, 9.17) is 9.47 Å². The minimum atomic E-state index is -0.400. The lowest BCUT2D eigenvalue weighted by Crippen LogP contribution is -2.37. The normalized spacial score (nSPS) is 16.5. The van der Waals surface area contributed by atoms with Crippen molar-refractivity contribution < 1.29 is 19.1 Å². The third-order valence-electron chi connectivity index (χ3n) is 4.16. The van der Waals surface area contributed by atoms with E-state index in [0.717, 1.165) is 0 Å². The largest absolute Gasteiger partial charge is 0.497 e. The summed E-state index contributed by atoms with van der Waals surface area (Å²) in [6.07, 6.45) is 3.51. The van der Waals surface area contributed by atoms with E-state index in [-0.39, 0.29) is 18.2 Å². The summed E-state index contributed by atoms with van der Waals surface area (Å²) in [5.74, 6) is 0.609. The second kappa shape index (κ2) is 8.37. The number of methoxy groups -OCH3 is 2.